The van der Waals surface area contributed by atoms with Crippen LogP contribution in [0.5, 0.6) is 0 Å². The van der Waals surface area contributed by atoms with Crippen LogP contribution in [0.2, 0.25) is 0 Å². The first kappa shape index (κ1) is 18.9. The number of hydrogen-bond acceptors (Lipinski definition) is 1. The maximum atomic E-state index is 11.9. The number of benzene rings is 1. The molecule has 0 spiro atoms. The summed E-state index contributed by atoms with van der Waals surface area (Å²) in [7, 11) is 0. The Hall–Kier alpha value is -1.11. The third-order valence-corrected chi connectivity index (χ3v) is 3.36. The van der Waals surface area contributed by atoms with Crippen LogP contribution in [0.25, 0.3) is 0 Å². The molecule has 0 saturated carbocycles. The molecule has 0 saturated heterocycles. The standard InChI is InChI=1S/C15H20O.2C2H6/c1-15(2,3)14(16)10-11-7-8-12-5-4-6-13(12)9-11;2*1-2/h7-9H,4-6,10H2,1-3H3;2*1-2H3. The van der Waals surface area contributed by atoms with Crippen LogP contribution >= 0.6 is 0 Å². The second kappa shape index (κ2) is 8.94. The van der Waals surface area contributed by atoms with Crippen molar-refractivity contribution in [2.24, 2.45) is 5.41 Å². The Balaban J connectivity index is 0.000000829. The Morgan fingerprint density at radius 1 is 1.00 bits per heavy atom. The normalized spacial score (nSPS) is 12.6. The Labute approximate surface area is 125 Å². The molecule has 0 atom stereocenters. The van der Waals surface area contributed by atoms with Crippen molar-refractivity contribution in [1.82, 2.24) is 0 Å². The molecule has 0 aliphatic heterocycles. The molecule has 1 aromatic rings. The zero-order chi connectivity index (χ0) is 15.8. The molecule has 1 heteroatoms. The van der Waals surface area contributed by atoms with Crippen LogP contribution in [0.3, 0.4) is 0 Å². The molecule has 0 amide bonds. The molecule has 0 N–H and O–H groups in total. The van der Waals surface area contributed by atoms with Crippen molar-refractivity contribution in [1.29, 1.82) is 0 Å². The average Bonchev–Trinajstić information content (AvgIpc) is 2.89. The third kappa shape index (κ3) is 5.48. The van der Waals surface area contributed by atoms with Gasteiger partial charge in [-0.3, -0.25) is 4.79 Å². The van der Waals surface area contributed by atoms with Gasteiger partial charge in [0.25, 0.3) is 0 Å². The fourth-order valence-corrected chi connectivity index (χ4v) is 2.19. The van der Waals surface area contributed by atoms with E-state index in [2.05, 4.69) is 18.2 Å². The number of aryl methyl sites for hydroxylation is 2. The number of Topliss-reactive ketones (excluding diaryl/α,β-unsaturated/α-hetero) is 1. The molecule has 1 aliphatic carbocycles. The average molecular weight is 276 g/mol. The first-order valence-corrected chi connectivity index (χ1v) is 8.11. The summed E-state index contributed by atoms with van der Waals surface area (Å²) in [4.78, 5) is 11.9. The minimum absolute atomic E-state index is 0.223. The molecule has 0 radical (unpaired) electrons. The van der Waals surface area contributed by atoms with Crippen molar-refractivity contribution in [2.75, 3.05) is 0 Å². The number of carbonyl (C=O) groups excluding carboxylic acids is 1. The van der Waals surface area contributed by atoms with E-state index in [1.807, 2.05) is 48.5 Å². The van der Waals surface area contributed by atoms with E-state index in [1.54, 1.807) is 0 Å². The zero-order valence-corrected chi connectivity index (χ0v) is 14.5. The topological polar surface area (TPSA) is 17.1 Å². The van der Waals surface area contributed by atoms with Gasteiger partial charge in [-0.2, -0.15) is 0 Å². The van der Waals surface area contributed by atoms with Crippen molar-refractivity contribution in [2.45, 2.75) is 74.1 Å². The lowest BCUT2D eigenvalue weighted by Gasteiger charge is -2.16. The van der Waals surface area contributed by atoms with Gasteiger partial charge in [-0.15, -0.1) is 0 Å². The van der Waals surface area contributed by atoms with E-state index in [9.17, 15) is 4.79 Å². The second-order valence-corrected chi connectivity index (χ2v) is 5.81. The van der Waals surface area contributed by atoms with E-state index in [1.165, 1.54) is 36.0 Å². The van der Waals surface area contributed by atoms with Gasteiger partial charge in [0.05, 0.1) is 0 Å². The molecule has 0 fully saturated rings. The minimum atomic E-state index is -0.223. The smallest absolute Gasteiger partial charge is 0.142 e. The fraction of sp³-hybridized carbons (Fsp3) is 0.632. The van der Waals surface area contributed by atoms with Crippen molar-refractivity contribution >= 4 is 5.78 Å². The molecular weight excluding hydrogens is 244 g/mol. The molecule has 114 valence electrons. The maximum Gasteiger partial charge on any atom is 0.142 e. The van der Waals surface area contributed by atoms with Crippen molar-refractivity contribution in [3.05, 3.63) is 34.9 Å². The maximum absolute atomic E-state index is 11.9. The van der Waals surface area contributed by atoms with Crippen molar-refractivity contribution < 1.29 is 4.79 Å². The van der Waals surface area contributed by atoms with Gasteiger partial charge < -0.3 is 0 Å². The van der Waals surface area contributed by atoms with Crippen LogP contribution in [-0.2, 0) is 24.1 Å². The van der Waals surface area contributed by atoms with E-state index in [0.29, 0.717) is 12.2 Å². The van der Waals surface area contributed by atoms with Crippen LogP contribution in [0.15, 0.2) is 18.2 Å². The number of ketones is 1. The Kier molecular flexibility index (Phi) is 8.45. The number of carbonyl (C=O) groups is 1. The van der Waals surface area contributed by atoms with Gasteiger partial charge in [-0.25, -0.2) is 0 Å². The van der Waals surface area contributed by atoms with E-state index < -0.39 is 0 Å². The molecule has 1 aliphatic rings. The first-order chi connectivity index (χ1) is 9.47. The van der Waals surface area contributed by atoms with Crippen molar-refractivity contribution in [3.8, 4) is 0 Å². The lowest BCUT2D eigenvalue weighted by molar-refractivity contribution is -0.125. The lowest BCUT2D eigenvalue weighted by atomic mass is 9.87. The van der Waals surface area contributed by atoms with Gasteiger partial charge >= 0.3 is 0 Å². The van der Waals surface area contributed by atoms with Crippen LogP contribution in [0.1, 0.15) is 71.6 Å². The molecule has 1 aromatic carbocycles. The van der Waals surface area contributed by atoms with E-state index >= 15 is 0 Å². The molecular formula is C19H32O. The van der Waals surface area contributed by atoms with Gasteiger partial charge in [0, 0.05) is 11.8 Å². The quantitative estimate of drug-likeness (QED) is 0.708. The SMILES string of the molecule is CC.CC.CC(C)(C)C(=O)Cc1ccc2c(c1)CCC2. The summed E-state index contributed by atoms with van der Waals surface area (Å²) in [6.45, 7) is 14.0. The Morgan fingerprint density at radius 3 is 2.10 bits per heavy atom. The highest BCUT2D eigenvalue weighted by molar-refractivity contribution is 5.85. The van der Waals surface area contributed by atoms with Gasteiger partial charge in [0.2, 0.25) is 0 Å². The van der Waals surface area contributed by atoms with E-state index in [4.69, 9.17) is 0 Å². The largest absolute Gasteiger partial charge is 0.299 e. The summed E-state index contributed by atoms with van der Waals surface area (Å²) in [5, 5.41) is 0. The van der Waals surface area contributed by atoms with E-state index in [0.717, 1.165) is 0 Å². The summed E-state index contributed by atoms with van der Waals surface area (Å²) in [5.41, 5.74) is 3.89. The molecule has 0 heterocycles. The predicted molar refractivity (Wildman–Crippen MR) is 89.3 cm³/mol. The number of rotatable bonds is 2. The van der Waals surface area contributed by atoms with Crippen LogP contribution in [0, 0.1) is 5.41 Å². The third-order valence-electron chi connectivity index (χ3n) is 3.36. The number of hydrogen-bond donors (Lipinski definition) is 0. The highest BCUT2D eigenvalue weighted by Gasteiger charge is 2.21. The molecule has 0 unspecified atom stereocenters. The van der Waals surface area contributed by atoms with Crippen molar-refractivity contribution in [3.63, 3.8) is 0 Å². The van der Waals surface area contributed by atoms with Gasteiger partial charge in [-0.1, -0.05) is 66.7 Å². The second-order valence-electron chi connectivity index (χ2n) is 5.81. The molecule has 20 heavy (non-hydrogen) atoms. The Morgan fingerprint density at radius 2 is 1.55 bits per heavy atom. The predicted octanol–water partition coefficient (Wildman–Crippen LogP) is 5.39. The highest BCUT2D eigenvalue weighted by atomic mass is 16.1. The first-order valence-electron chi connectivity index (χ1n) is 8.11. The zero-order valence-electron chi connectivity index (χ0n) is 14.5. The highest BCUT2D eigenvalue weighted by Crippen LogP contribution is 2.24. The summed E-state index contributed by atoms with van der Waals surface area (Å²) in [5.74, 6) is 0.324. The fourth-order valence-electron chi connectivity index (χ4n) is 2.19. The van der Waals surface area contributed by atoms with Crippen LogP contribution in [-0.4, -0.2) is 5.78 Å². The molecule has 1 nitrogen and oxygen atoms in total. The van der Waals surface area contributed by atoms with E-state index in [-0.39, 0.29) is 5.41 Å². The monoisotopic (exact) mass is 276 g/mol. The molecule has 0 bridgehead atoms. The van der Waals surface area contributed by atoms with Crippen LogP contribution < -0.4 is 0 Å². The lowest BCUT2D eigenvalue weighted by Crippen LogP contribution is -2.22. The van der Waals surface area contributed by atoms with Crippen LogP contribution in [0.4, 0.5) is 0 Å². The minimum Gasteiger partial charge on any atom is -0.299 e. The van der Waals surface area contributed by atoms with Gasteiger partial charge in [0.1, 0.15) is 5.78 Å². The van der Waals surface area contributed by atoms with Gasteiger partial charge in [-0.05, 0) is 36.0 Å². The summed E-state index contributed by atoms with van der Waals surface area (Å²) in [6, 6.07) is 6.55. The number of fused-ring (bicyclic) bond motifs is 1. The summed E-state index contributed by atoms with van der Waals surface area (Å²) >= 11 is 0. The van der Waals surface area contributed by atoms with Gasteiger partial charge in [0.15, 0.2) is 0 Å². The summed E-state index contributed by atoms with van der Waals surface area (Å²) < 4.78 is 0. The summed E-state index contributed by atoms with van der Waals surface area (Å²) in [6.07, 6.45) is 4.25. The molecule has 2 rings (SSSR count). The molecule has 0 aromatic heterocycles. The Bertz CT molecular complexity index is 410.